The van der Waals surface area contributed by atoms with Gasteiger partial charge in [0.15, 0.2) is 5.60 Å². The normalized spacial score (nSPS) is 24.1. The second-order valence-electron chi connectivity index (χ2n) is 10.6. The van der Waals surface area contributed by atoms with Crippen LogP contribution in [0.3, 0.4) is 0 Å². The molecular formula is C30H36N4O5. The zero-order valence-corrected chi connectivity index (χ0v) is 22.3. The second kappa shape index (κ2) is 11.3. The number of carbonyl (C=O) groups is 3. The van der Waals surface area contributed by atoms with Crippen molar-refractivity contribution in [2.45, 2.75) is 44.4 Å². The maximum atomic E-state index is 13.8. The molecule has 0 aliphatic carbocycles. The van der Waals surface area contributed by atoms with E-state index in [-0.39, 0.29) is 37.4 Å². The Morgan fingerprint density at radius 1 is 1.15 bits per heavy atom. The standard InChI is InChI=1S/C30H36N4O5/c1-21(6-4-10-27(36)32-16-5-7-24(32)20-35)30(39)25-8-2-3-9-26(25)34(29(30)38)19-22-11-13-23(14-12-22)33-17-15-31-18-28(33)37/h2-4,6,8-9,11-14,21,24,31,35,39H,5,7,10,15-20H2,1H3/b6-4+/t21-,24-,30+/m0/s1. The zero-order chi connectivity index (χ0) is 27.6. The SMILES string of the molecule is C[C@@H](/C=C/CC(=O)N1CCC[C@H]1CO)[C@]1(O)C(=O)N(Cc2ccc(N3CCNCC3=O)cc2)c2ccccc21. The van der Waals surface area contributed by atoms with Crippen molar-refractivity contribution >= 4 is 29.1 Å². The first-order valence-corrected chi connectivity index (χ1v) is 13.7. The van der Waals surface area contributed by atoms with Crippen molar-refractivity contribution in [1.29, 1.82) is 0 Å². The van der Waals surface area contributed by atoms with Gasteiger partial charge in [-0.25, -0.2) is 0 Å². The average molecular weight is 533 g/mol. The number of fused-ring (bicyclic) bond motifs is 1. The highest BCUT2D eigenvalue weighted by Gasteiger charge is 2.52. The first-order chi connectivity index (χ1) is 18.8. The van der Waals surface area contributed by atoms with E-state index < -0.39 is 17.4 Å². The van der Waals surface area contributed by atoms with Crippen LogP contribution in [-0.2, 0) is 26.5 Å². The number of carbonyl (C=O) groups excluding carboxylic acids is 3. The molecule has 3 heterocycles. The number of nitrogens with one attached hydrogen (secondary N) is 1. The van der Waals surface area contributed by atoms with Crippen LogP contribution < -0.4 is 15.1 Å². The second-order valence-corrected chi connectivity index (χ2v) is 10.6. The lowest BCUT2D eigenvalue weighted by atomic mass is 9.83. The Morgan fingerprint density at radius 3 is 2.67 bits per heavy atom. The Hall–Kier alpha value is -3.53. The number of aliphatic hydroxyl groups excluding tert-OH is 1. The molecule has 9 nitrogen and oxygen atoms in total. The van der Waals surface area contributed by atoms with Crippen LogP contribution in [0.1, 0.15) is 37.3 Å². The summed E-state index contributed by atoms with van der Waals surface area (Å²) in [6.45, 7) is 4.34. The van der Waals surface area contributed by atoms with Gasteiger partial charge >= 0.3 is 0 Å². The molecule has 39 heavy (non-hydrogen) atoms. The van der Waals surface area contributed by atoms with E-state index in [1.54, 1.807) is 39.8 Å². The Morgan fingerprint density at radius 2 is 1.92 bits per heavy atom. The van der Waals surface area contributed by atoms with Gasteiger partial charge in [-0.2, -0.15) is 0 Å². The maximum Gasteiger partial charge on any atom is 0.264 e. The molecule has 2 aromatic carbocycles. The van der Waals surface area contributed by atoms with Gasteiger partial charge in [0, 0.05) is 43.2 Å². The van der Waals surface area contributed by atoms with Gasteiger partial charge < -0.3 is 30.2 Å². The third-order valence-corrected chi connectivity index (χ3v) is 8.14. The van der Waals surface area contributed by atoms with E-state index in [4.69, 9.17) is 0 Å². The molecule has 2 fully saturated rings. The first-order valence-electron chi connectivity index (χ1n) is 13.7. The van der Waals surface area contributed by atoms with E-state index in [1.807, 2.05) is 42.5 Å². The van der Waals surface area contributed by atoms with Crippen LogP contribution in [0.4, 0.5) is 11.4 Å². The van der Waals surface area contributed by atoms with Gasteiger partial charge in [-0.3, -0.25) is 14.4 Å². The van der Waals surface area contributed by atoms with E-state index in [0.29, 0.717) is 30.9 Å². The number of anilines is 2. The summed E-state index contributed by atoms with van der Waals surface area (Å²) < 4.78 is 0. The molecule has 0 bridgehead atoms. The van der Waals surface area contributed by atoms with E-state index in [2.05, 4.69) is 5.32 Å². The minimum absolute atomic E-state index is 0.0279. The number of aliphatic hydroxyl groups is 2. The number of para-hydroxylation sites is 1. The van der Waals surface area contributed by atoms with Crippen LogP contribution in [0.2, 0.25) is 0 Å². The quantitative estimate of drug-likeness (QED) is 0.448. The summed E-state index contributed by atoms with van der Waals surface area (Å²) >= 11 is 0. The van der Waals surface area contributed by atoms with Crippen LogP contribution in [0.25, 0.3) is 0 Å². The van der Waals surface area contributed by atoms with Crippen LogP contribution in [-0.4, -0.2) is 71.7 Å². The molecular weight excluding hydrogens is 496 g/mol. The molecule has 0 unspecified atom stereocenters. The topological polar surface area (TPSA) is 113 Å². The molecule has 3 amide bonds. The molecule has 3 atom stereocenters. The van der Waals surface area contributed by atoms with Crippen molar-refractivity contribution in [3.8, 4) is 0 Å². The molecule has 0 saturated carbocycles. The zero-order valence-electron chi connectivity index (χ0n) is 22.3. The monoisotopic (exact) mass is 532 g/mol. The fourth-order valence-electron chi connectivity index (χ4n) is 5.89. The number of hydrogen-bond acceptors (Lipinski definition) is 6. The summed E-state index contributed by atoms with van der Waals surface area (Å²) in [4.78, 5) is 43.7. The predicted octanol–water partition coefficient (Wildman–Crippen LogP) is 1.92. The number of likely N-dealkylation sites (tertiary alicyclic amines) is 1. The third-order valence-electron chi connectivity index (χ3n) is 8.14. The fourth-order valence-corrected chi connectivity index (χ4v) is 5.89. The summed E-state index contributed by atoms with van der Waals surface area (Å²) in [6.07, 6.45) is 5.29. The van der Waals surface area contributed by atoms with Crippen LogP contribution in [0, 0.1) is 5.92 Å². The molecule has 3 aliphatic rings. The van der Waals surface area contributed by atoms with Crippen molar-refractivity contribution in [3.63, 3.8) is 0 Å². The minimum atomic E-state index is -1.76. The van der Waals surface area contributed by atoms with Gasteiger partial charge in [0.1, 0.15) is 0 Å². The first kappa shape index (κ1) is 27.1. The van der Waals surface area contributed by atoms with Crippen LogP contribution in [0.15, 0.2) is 60.7 Å². The minimum Gasteiger partial charge on any atom is -0.394 e. The van der Waals surface area contributed by atoms with Crippen molar-refractivity contribution in [2.24, 2.45) is 5.92 Å². The van der Waals surface area contributed by atoms with E-state index in [1.165, 1.54) is 0 Å². The number of benzene rings is 2. The molecule has 2 aromatic rings. The summed E-state index contributed by atoms with van der Waals surface area (Å²) in [5, 5.41) is 24.4. The highest BCUT2D eigenvalue weighted by Crippen LogP contribution is 2.45. The summed E-state index contributed by atoms with van der Waals surface area (Å²) in [7, 11) is 0. The van der Waals surface area contributed by atoms with Gasteiger partial charge in [-0.1, -0.05) is 49.4 Å². The third kappa shape index (κ3) is 5.09. The van der Waals surface area contributed by atoms with E-state index in [0.717, 1.165) is 30.6 Å². The largest absolute Gasteiger partial charge is 0.394 e. The Bertz CT molecular complexity index is 1260. The molecule has 0 radical (unpaired) electrons. The van der Waals surface area contributed by atoms with Crippen molar-refractivity contribution in [2.75, 3.05) is 42.6 Å². The lowest BCUT2D eigenvalue weighted by Crippen LogP contribution is -2.48. The lowest BCUT2D eigenvalue weighted by Gasteiger charge is -2.28. The Labute approximate surface area is 228 Å². The van der Waals surface area contributed by atoms with Crippen molar-refractivity contribution in [3.05, 3.63) is 71.8 Å². The number of piperazine rings is 1. The molecule has 206 valence electrons. The van der Waals surface area contributed by atoms with Gasteiger partial charge in [0.2, 0.25) is 11.8 Å². The fraction of sp³-hybridized carbons (Fsp3) is 0.433. The van der Waals surface area contributed by atoms with Gasteiger partial charge in [0.25, 0.3) is 5.91 Å². The number of rotatable bonds is 8. The molecule has 3 N–H and O–H groups in total. The molecule has 2 saturated heterocycles. The Kier molecular flexibility index (Phi) is 7.83. The summed E-state index contributed by atoms with van der Waals surface area (Å²) in [6, 6.07) is 14.7. The van der Waals surface area contributed by atoms with Gasteiger partial charge in [0.05, 0.1) is 31.4 Å². The number of hydrogen-bond donors (Lipinski definition) is 3. The summed E-state index contributed by atoms with van der Waals surface area (Å²) in [5.41, 5.74) is 1.14. The molecule has 9 heteroatoms. The highest BCUT2D eigenvalue weighted by atomic mass is 16.3. The van der Waals surface area contributed by atoms with E-state index in [9.17, 15) is 24.6 Å². The number of nitrogens with zero attached hydrogens (tertiary/aromatic N) is 3. The number of amides is 3. The Balaban J connectivity index is 1.30. The molecule has 3 aliphatic heterocycles. The summed E-state index contributed by atoms with van der Waals surface area (Å²) in [5.74, 6) is -1.02. The van der Waals surface area contributed by atoms with Crippen molar-refractivity contribution in [1.82, 2.24) is 10.2 Å². The maximum absolute atomic E-state index is 13.8. The predicted molar refractivity (Wildman–Crippen MR) is 148 cm³/mol. The van der Waals surface area contributed by atoms with Gasteiger partial charge in [-0.15, -0.1) is 0 Å². The highest BCUT2D eigenvalue weighted by molar-refractivity contribution is 6.07. The molecule has 0 spiro atoms. The van der Waals surface area contributed by atoms with Crippen LogP contribution in [0.5, 0.6) is 0 Å². The smallest absolute Gasteiger partial charge is 0.264 e. The van der Waals surface area contributed by atoms with Gasteiger partial charge in [-0.05, 0) is 36.6 Å². The van der Waals surface area contributed by atoms with E-state index >= 15 is 0 Å². The molecule has 5 rings (SSSR count). The van der Waals surface area contributed by atoms with Crippen LogP contribution >= 0.6 is 0 Å². The molecule has 0 aromatic heterocycles. The van der Waals surface area contributed by atoms with Crippen molar-refractivity contribution < 1.29 is 24.6 Å². The lowest BCUT2D eigenvalue weighted by molar-refractivity contribution is -0.139. The average Bonchev–Trinajstić information content (AvgIpc) is 3.52.